The van der Waals surface area contributed by atoms with Crippen molar-refractivity contribution in [2.45, 2.75) is 26.2 Å². The van der Waals surface area contributed by atoms with Crippen LogP contribution in [-0.2, 0) is 4.74 Å². The molecular weight excluding hydrogens is 346 g/mol. The first-order chi connectivity index (χ1) is 8.65. The summed E-state index contributed by atoms with van der Waals surface area (Å²) in [6, 6.07) is 3.07. The van der Waals surface area contributed by atoms with Crippen molar-refractivity contribution in [3.8, 4) is 0 Å². The molecule has 18 heavy (non-hydrogen) atoms. The molecule has 0 aliphatic rings. The number of hydrogen-bond acceptors (Lipinski definition) is 3. The van der Waals surface area contributed by atoms with E-state index in [9.17, 15) is 4.39 Å². The number of anilines is 2. The molecule has 0 aliphatic carbocycles. The number of nitrogens with one attached hydrogen (secondary N) is 1. The number of benzene rings is 1. The lowest BCUT2D eigenvalue weighted by molar-refractivity contribution is 0.131. The maximum atomic E-state index is 13.3. The minimum atomic E-state index is -0.244. The molecule has 0 radical (unpaired) electrons. The van der Waals surface area contributed by atoms with E-state index in [1.807, 2.05) is 22.6 Å². The van der Waals surface area contributed by atoms with Gasteiger partial charge in [0.25, 0.3) is 0 Å². The molecule has 3 nitrogen and oxygen atoms in total. The van der Waals surface area contributed by atoms with Crippen molar-refractivity contribution in [2.75, 3.05) is 30.8 Å². The largest absolute Gasteiger partial charge is 0.397 e. The summed E-state index contributed by atoms with van der Waals surface area (Å²) in [6.45, 7) is 4.41. The van der Waals surface area contributed by atoms with E-state index in [4.69, 9.17) is 10.5 Å². The predicted octanol–water partition coefficient (Wildman–Crippen LogP) is 3.63. The molecule has 0 saturated heterocycles. The Kier molecular flexibility index (Phi) is 7.34. The molecule has 0 fully saturated rings. The number of hydrogen-bond donors (Lipinski definition) is 2. The van der Waals surface area contributed by atoms with Gasteiger partial charge in [-0.05, 0) is 41.5 Å². The zero-order chi connectivity index (χ0) is 13.4. The molecule has 1 aromatic carbocycles. The van der Waals surface area contributed by atoms with Gasteiger partial charge >= 0.3 is 0 Å². The highest BCUT2D eigenvalue weighted by molar-refractivity contribution is 14.1. The predicted molar refractivity (Wildman–Crippen MR) is 82.4 cm³/mol. The zero-order valence-electron chi connectivity index (χ0n) is 10.6. The van der Waals surface area contributed by atoms with Gasteiger partial charge in [-0.25, -0.2) is 4.39 Å². The van der Waals surface area contributed by atoms with E-state index in [0.29, 0.717) is 14.9 Å². The molecule has 0 aliphatic heterocycles. The number of unbranched alkanes of at least 4 members (excludes halogenated alkanes) is 1. The highest BCUT2D eigenvalue weighted by Crippen LogP contribution is 2.23. The molecular formula is C13H20FIN2O. The van der Waals surface area contributed by atoms with E-state index in [1.54, 1.807) is 6.07 Å². The van der Waals surface area contributed by atoms with Crippen LogP contribution in [0.25, 0.3) is 0 Å². The first-order valence-electron chi connectivity index (χ1n) is 6.21. The van der Waals surface area contributed by atoms with E-state index >= 15 is 0 Å². The second kappa shape index (κ2) is 8.53. The Bertz CT molecular complexity index is 374. The van der Waals surface area contributed by atoms with Gasteiger partial charge in [-0.1, -0.05) is 13.3 Å². The van der Waals surface area contributed by atoms with Crippen LogP contribution in [0.4, 0.5) is 15.8 Å². The zero-order valence-corrected chi connectivity index (χ0v) is 12.8. The lowest BCUT2D eigenvalue weighted by Crippen LogP contribution is -2.08. The van der Waals surface area contributed by atoms with Crippen LogP contribution in [0.15, 0.2) is 12.1 Å². The van der Waals surface area contributed by atoms with E-state index in [1.165, 1.54) is 6.07 Å². The monoisotopic (exact) mass is 366 g/mol. The van der Waals surface area contributed by atoms with Crippen molar-refractivity contribution in [3.63, 3.8) is 0 Å². The van der Waals surface area contributed by atoms with Gasteiger partial charge in [0.2, 0.25) is 0 Å². The van der Waals surface area contributed by atoms with Crippen molar-refractivity contribution < 1.29 is 9.13 Å². The van der Waals surface area contributed by atoms with Gasteiger partial charge in [0, 0.05) is 25.8 Å². The van der Waals surface area contributed by atoms with Gasteiger partial charge in [0.1, 0.15) is 5.82 Å². The molecule has 0 atom stereocenters. The highest BCUT2D eigenvalue weighted by Gasteiger charge is 2.05. The molecule has 0 bridgehead atoms. The van der Waals surface area contributed by atoms with Crippen LogP contribution in [0.3, 0.4) is 0 Å². The fourth-order valence-corrected chi connectivity index (χ4v) is 1.95. The van der Waals surface area contributed by atoms with Gasteiger partial charge in [0.15, 0.2) is 0 Å². The van der Waals surface area contributed by atoms with Crippen molar-refractivity contribution in [1.29, 1.82) is 0 Å². The van der Waals surface area contributed by atoms with E-state index in [2.05, 4.69) is 12.2 Å². The van der Waals surface area contributed by atoms with Crippen LogP contribution < -0.4 is 11.1 Å². The van der Waals surface area contributed by atoms with Gasteiger partial charge in [-0.2, -0.15) is 0 Å². The average Bonchev–Trinajstić information content (AvgIpc) is 2.34. The molecule has 1 rings (SSSR count). The normalized spacial score (nSPS) is 10.6. The summed E-state index contributed by atoms with van der Waals surface area (Å²) in [4.78, 5) is 0. The first kappa shape index (κ1) is 15.5. The fourth-order valence-electron chi connectivity index (χ4n) is 1.46. The molecule has 0 unspecified atom stereocenters. The summed E-state index contributed by atoms with van der Waals surface area (Å²) in [5.74, 6) is -0.244. The van der Waals surface area contributed by atoms with Crippen molar-refractivity contribution in [3.05, 3.63) is 21.5 Å². The Morgan fingerprint density at radius 2 is 2.06 bits per heavy atom. The van der Waals surface area contributed by atoms with Crippen LogP contribution in [0.1, 0.15) is 26.2 Å². The third-order valence-electron chi connectivity index (χ3n) is 2.52. The van der Waals surface area contributed by atoms with Crippen LogP contribution in [0, 0.1) is 9.39 Å². The van der Waals surface area contributed by atoms with E-state index in [0.717, 1.165) is 39.0 Å². The number of ether oxygens (including phenoxy) is 1. The Morgan fingerprint density at radius 3 is 2.78 bits per heavy atom. The Morgan fingerprint density at radius 1 is 1.33 bits per heavy atom. The molecule has 5 heteroatoms. The van der Waals surface area contributed by atoms with Gasteiger partial charge in [0.05, 0.1) is 14.9 Å². The summed E-state index contributed by atoms with van der Waals surface area (Å²) >= 11 is 1.93. The van der Waals surface area contributed by atoms with Crippen molar-refractivity contribution in [1.82, 2.24) is 0 Å². The quantitative estimate of drug-likeness (QED) is 0.420. The third kappa shape index (κ3) is 5.39. The van der Waals surface area contributed by atoms with E-state index in [-0.39, 0.29) is 5.82 Å². The summed E-state index contributed by atoms with van der Waals surface area (Å²) in [7, 11) is 0. The maximum Gasteiger partial charge on any atom is 0.138 e. The average molecular weight is 366 g/mol. The summed E-state index contributed by atoms with van der Waals surface area (Å²) in [5.41, 5.74) is 7.04. The number of halogens is 2. The lowest BCUT2D eigenvalue weighted by atomic mass is 10.2. The van der Waals surface area contributed by atoms with Crippen LogP contribution in [0.5, 0.6) is 0 Å². The first-order valence-corrected chi connectivity index (χ1v) is 7.29. The molecule has 0 saturated carbocycles. The molecule has 0 amide bonds. The van der Waals surface area contributed by atoms with Crippen LogP contribution >= 0.6 is 22.6 Å². The molecule has 0 spiro atoms. The second-order valence-electron chi connectivity index (χ2n) is 4.10. The van der Waals surface area contributed by atoms with Crippen LogP contribution in [0.2, 0.25) is 0 Å². The fraction of sp³-hybridized carbons (Fsp3) is 0.538. The minimum absolute atomic E-state index is 0.244. The Hall–Kier alpha value is -0.560. The second-order valence-corrected chi connectivity index (χ2v) is 5.26. The number of nitrogens with two attached hydrogens (primary N) is 1. The van der Waals surface area contributed by atoms with E-state index < -0.39 is 0 Å². The van der Waals surface area contributed by atoms with Crippen LogP contribution in [-0.4, -0.2) is 19.8 Å². The lowest BCUT2D eigenvalue weighted by Gasteiger charge is -2.10. The van der Waals surface area contributed by atoms with Gasteiger partial charge in [-0.3, -0.25) is 0 Å². The maximum absolute atomic E-state index is 13.3. The molecule has 102 valence electrons. The summed E-state index contributed by atoms with van der Waals surface area (Å²) in [5, 5.41) is 3.12. The van der Waals surface area contributed by atoms with Gasteiger partial charge < -0.3 is 15.8 Å². The summed E-state index contributed by atoms with van der Waals surface area (Å²) in [6.07, 6.45) is 3.14. The topological polar surface area (TPSA) is 47.3 Å². The van der Waals surface area contributed by atoms with Crippen molar-refractivity contribution in [2.24, 2.45) is 0 Å². The summed E-state index contributed by atoms with van der Waals surface area (Å²) < 4.78 is 19.3. The molecule has 0 heterocycles. The van der Waals surface area contributed by atoms with Gasteiger partial charge in [-0.15, -0.1) is 0 Å². The Labute approximate surface area is 121 Å². The molecule has 0 aromatic heterocycles. The number of rotatable bonds is 8. The SMILES string of the molecule is CCCCOCCCNc1cc(F)c(I)cc1N. The highest BCUT2D eigenvalue weighted by atomic mass is 127. The third-order valence-corrected chi connectivity index (χ3v) is 3.34. The standard InChI is InChI=1S/C13H20FIN2O/c1-2-3-6-18-7-4-5-17-13-8-10(14)11(15)9-12(13)16/h8-9,17H,2-7,16H2,1H3. The smallest absolute Gasteiger partial charge is 0.138 e. The Balaban J connectivity index is 2.25. The van der Waals surface area contributed by atoms with Crippen molar-refractivity contribution >= 4 is 34.0 Å². The molecule has 3 N–H and O–H groups in total. The minimum Gasteiger partial charge on any atom is -0.397 e. The number of nitrogen functional groups attached to an aromatic ring is 1. The molecule has 1 aromatic rings.